The number of tetrazole rings is 1. The highest BCUT2D eigenvalue weighted by Crippen LogP contribution is 2.28. The number of hydrogen-bond donors (Lipinski definition) is 1. The number of nitriles is 1. The van der Waals surface area contributed by atoms with Gasteiger partial charge in [-0.3, -0.25) is 4.79 Å². The highest BCUT2D eigenvalue weighted by molar-refractivity contribution is 6.02. The van der Waals surface area contributed by atoms with Crippen molar-refractivity contribution in [1.82, 2.24) is 20.2 Å². The van der Waals surface area contributed by atoms with Gasteiger partial charge in [0.15, 0.2) is 18.1 Å². The number of carbonyl (C=O) groups excluding carboxylic acids is 1. The van der Waals surface area contributed by atoms with Crippen LogP contribution in [0.25, 0.3) is 11.8 Å². The number of ether oxygens (including phenoxy) is 2. The van der Waals surface area contributed by atoms with E-state index in [2.05, 4.69) is 20.8 Å². The van der Waals surface area contributed by atoms with Crippen molar-refractivity contribution in [2.24, 2.45) is 0 Å². The molecule has 0 saturated heterocycles. The monoisotopic (exact) mass is 390 g/mol. The van der Waals surface area contributed by atoms with E-state index < -0.39 is 0 Å². The average Bonchev–Trinajstić information content (AvgIpc) is 3.25. The topological polar surface area (TPSA) is 115 Å². The van der Waals surface area contributed by atoms with Gasteiger partial charge in [-0.2, -0.15) is 5.26 Å². The lowest BCUT2D eigenvalue weighted by molar-refractivity contribution is -0.111. The number of hydrogen-bond acceptors (Lipinski definition) is 7. The predicted octanol–water partition coefficient (Wildman–Crippen LogP) is 2.53. The number of rotatable bonds is 7. The van der Waals surface area contributed by atoms with Gasteiger partial charge in [0, 0.05) is 11.8 Å². The summed E-state index contributed by atoms with van der Waals surface area (Å²) in [4.78, 5) is 12.2. The van der Waals surface area contributed by atoms with Gasteiger partial charge in [-0.15, -0.1) is 5.10 Å². The molecule has 3 rings (SSSR count). The van der Waals surface area contributed by atoms with Crippen molar-refractivity contribution in [3.05, 3.63) is 59.9 Å². The van der Waals surface area contributed by atoms with Gasteiger partial charge in [0.1, 0.15) is 12.4 Å². The molecular formula is C20H18N6O3. The Labute approximate surface area is 167 Å². The van der Waals surface area contributed by atoms with E-state index in [0.29, 0.717) is 17.2 Å². The summed E-state index contributed by atoms with van der Waals surface area (Å²) >= 11 is 0. The fourth-order valence-electron chi connectivity index (χ4n) is 2.63. The van der Waals surface area contributed by atoms with Crippen molar-refractivity contribution in [1.29, 1.82) is 5.26 Å². The molecule has 0 bridgehead atoms. The fraction of sp³-hybridized carbons (Fsp3) is 0.150. The van der Waals surface area contributed by atoms with Gasteiger partial charge in [-0.25, -0.2) is 4.68 Å². The normalized spacial score (nSPS) is 10.5. The molecule has 0 aliphatic rings. The highest BCUT2D eigenvalue weighted by atomic mass is 16.5. The zero-order valence-electron chi connectivity index (χ0n) is 15.9. The Morgan fingerprint density at radius 3 is 2.83 bits per heavy atom. The molecule has 29 heavy (non-hydrogen) atoms. The van der Waals surface area contributed by atoms with Crippen molar-refractivity contribution in [2.45, 2.75) is 6.92 Å². The largest absolute Gasteiger partial charge is 0.493 e. The Morgan fingerprint density at radius 2 is 2.14 bits per heavy atom. The van der Waals surface area contributed by atoms with Crippen LogP contribution in [0.4, 0.5) is 5.69 Å². The van der Waals surface area contributed by atoms with E-state index in [1.807, 2.05) is 25.1 Å². The molecule has 1 amide bonds. The molecule has 0 saturated carbocycles. The summed E-state index contributed by atoms with van der Waals surface area (Å²) in [5.74, 6) is 0.675. The van der Waals surface area contributed by atoms with Crippen LogP contribution < -0.4 is 14.8 Å². The molecule has 0 aliphatic carbocycles. The van der Waals surface area contributed by atoms with Gasteiger partial charge < -0.3 is 14.8 Å². The highest BCUT2D eigenvalue weighted by Gasteiger charge is 2.07. The zero-order valence-corrected chi connectivity index (χ0v) is 15.9. The van der Waals surface area contributed by atoms with Crippen LogP contribution in [0.15, 0.2) is 48.8 Å². The van der Waals surface area contributed by atoms with Gasteiger partial charge in [-0.05, 0) is 64.9 Å². The predicted molar refractivity (Wildman–Crippen MR) is 106 cm³/mol. The first kappa shape index (κ1) is 19.6. The first-order valence-corrected chi connectivity index (χ1v) is 8.61. The third-order valence-electron chi connectivity index (χ3n) is 3.97. The number of nitrogens with one attached hydrogen (secondary N) is 1. The minimum absolute atomic E-state index is 0.0699. The van der Waals surface area contributed by atoms with E-state index in [-0.39, 0.29) is 12.5 Å². The van der Waals surface area contributed by atoms with Crippen molar-refractivity contribution >= 4 is 17.7 Å². The van der Waals surface area contributed by atoms with Crippen LogP contribution in [0.1, 0.15) is 11.1 Å². The van der Waals surface area contributed by atoms with Crippen LogP contribution in [0, 0.1) is 18.3 Å². The van der Waals surface area contributed by atoms with E-state index in [1.165, 1.54) is 19.5 Å². The van der Waals surface area contributed by atoms with Crippen LogP contribution >= 0.6 is 0 Å². The molecular weight excluding hydrogens is 372 g/mol. The van der Waals surface area contributed by atoms with Crippen LogP contribution in [0.2, 0.25) is 0 Å². The molecule has 0 radical (unpaired) electrons. The second-order valence-electron chi connectivity index (χ2n) is 5.94. The summed E-state index contributed by atoms with van der Waals surface area (Å²) in [6, 6.07) is 12.5. The lowest BCUT2D eigenvalue weighted by Gasteiger charge is -2.09. The summed E-state index contributed by atoms with van der Waals surface area (Å²) in [7, 11) is 1.51. The molecule has 0 fully saturated rings. The van der Waals surface area contributed by atoms with Crippen molar-refractivity contribution < 1.29 is 14.3 Å². The Hall–Kier alpha value is -4.19. The van der Waals surface area contributed by atoms with Crippen LogP contribution in [0.5, 0.6) is 11.5 Å². The summed E-state index contributed by atoms with van der Waals surface area (Å²) < 4.78 is 12.1. The lowest BCUT2D eigenvalue weighted by atomic mass is 10.1. The van der Waals surface area contributed by atoms with Gasteiger partial charge in [0.2, 0.25) is 5.91 Å². The van der Waals surface area contributed by atoms with E-state index in [9.17, 15) is 4.79 Å². The first-order valence-electron chi connectivity index (χ1n) is 8.61. The average molecular weight is 390 g/mol. The molecule has 0 spiro atoms. The lowest BCUT2D eigenvalue weighted by Crippen LogP contribution is -2.08. The number of nitrogens with zero attached hydrogens (tertiary/aromatic N) is 5. The van der Waals surface area contributed by atoms with Gasteiger partial charge >= 0.3 is 0 Å². The zero-order chi connectivity index (χ0) is 20.6. The minimum Gasteiger partial charge on any atom is -0.493 e. The second kappa shape index (κ2) is 9.14. The number of aryl methyl sites for hydroxylation is 1. The Balaban J connectivity index is 1.67. The number of amides is 1. The van der Waals surface area contributed by atoms with Crippen LogP contribution in [-0.4, -0.2) is 39.8 Å². The van der Waals surface area contributed by atoms with Gasteiger partial charge in [-0.1, -0.05) is 6.07 Å². The van der Waals surface area contributed by atoms with Gasteiger partial charge in [0.25, 0.3) is 0 Å². The third kappa shape index (κ3) is 4.95. The minimum atomic E-state index is -0.275. The maximum Gasteiger partial charge on any atom is 0.248 e. The molecule has 0 atom stereocenters. The SMILES string of the molecule is COc1cc(/C=C/C(=O)Nc2ccc(-n3cnnn3)c(C)c2)ccc1OCC#N. The number of anilines is 1. The molecule has 2 aromatic carbocycles. The first-order chi connectivity index (χ1) is 14.1. The van der Waals surface area contributed by atoms with Gasteiger partial charge in [0.05, 0.1) is 12.8 Å². The molecule has 146 valence electrons. The Morgan fingerprint density at radius 1 is 1.28 bits per heavy atom. The quantitative estimate of drug-likeness (QED) is 0.616. The Bertz CT molecular complexity index is 1070. The second-order valence-corrected chi connectivity index (χ2v) is 5.94. The maximum absolute atomic E-state index is 12.2. The molecule has 1 heterocycles. The summed E-state index contributed by atoms with van der Waals surface area (Å²) in [5, 5.41) is 22.5. The van der Waals surface area contributed by atoms with Crippen LogP contribution in [-0.2, 0) is 4.79 Å². The molecule has 1 aromatic heterocycles. The number of benzene rings is 2. The molecule has 1 N–H and O–H groups in total. The summed E-state index contributed by atoms with van der Waals surface area (Å²) in [6.45, 7) is 1.84. The smallest absolute Gasteiger partial charge is 0.248 e. The molecule has 0 unspecified atom stereocenters. The van der Waals surface area contributed by atoms with E-state index in [1.54, 1.807) is 35.0 Å². The molecule has 9 heteroatoms. The fourth-order valence-corrected chi connectivity index (χ4v) is 2.63. The molecule has 9 nitrogen and oxygen atoms in total. The van der Waals surface area contributed by atoms with Crippen molar-refractivity contribution in [2.75, 3.05) is 19.0 Å². The maximum atomic E-state index is 12.2. The summed E-state index contributed by atoms with van der Waals surface area (Å²) in [6.07, 6.45) is 4.59. The molecule has 3 aromatic rings. The Kier molecular flexibility index (Phi) is 6.17. The van der Waals surface area contributed by atoms with Crippen molar-refractivity contribution in [3.8, 4) is 23.3 Å². The molecule has 0 aliphatic heterocycles. The van der Waals surface area contributed by atoms with Crippen LogP contribution in [0.3, 0.4) is 0 Å². The van der Waals surface area contributed by atoms with E-state index >= 15 is 0 Å². The van der Waals surface area contributed by atoms with Crippen molar-refractivity contribution in [3.63, 3.8) is 0 Å². The number of aromatic nitrogens is 4. The third-order valence-corrected chi connectivity index (χ3v) is 3.97. The standard InChI is InChI=1S/C20H18N6O3/c1-14-11-16(5-6-17(14)26-13-22-24-25-26)23-20(27)8-4-15-3-7-18(29-10-9-21)19(12-15)28-2/h3-8,11-13H,10H2,1-2H3,(H,23,27)/b8-4+. The summed E-state index contributed by atoms with van der Waals surface area (Å²) in [5.41, 5.74) is 3.16. The number of methoxy groups -OCH3 is 1. The number of carbonyl (C=O) groups is 1. The van der Waals surface area contributed by atoms with E-state index in [4.69, 9.17) is 14.7 Å². The van der Waals surface area contributed by atoms with E-state index in [0.717, 1.165) is 16.8 Å².